The first-order valence-electron chi connectivity index (χ1n) is 4.76. The predicted molar refractivity (Wildman–Crippen MR) is 61.6 cm³/mol. The number of aliphatic hydroxyl groups excluding tert-OH is 1. The predicted octanol–water partition coefficient (Wildman–Crippen LogP) is 3.57. The van der Waals surface area contributed by atoms with Crippen LogP contribution in [0.3, 0.4) is 0 Å². The molecule has 1 atom stereocenters. The second kappa shape index (κ2) is 4.39. The van der Waals surface area contributed by atoms with E-state index in [9.17, 15) is 9.50 Å². The molecule has 2 aromatic rings. The number of halogens is 2. The maximum absolute atomic E-state index is 13.0. The quantitative estimate of drug-likeness (QED) is 0.915. The summed E-state index contributed by atoms with van der Waals surface area (Å²) in [6.45, 7) is 1.77. The van der Waals surface area contributed by atoms with E-state index in [1.54, 1.807) is 25.1 Å². The topological polar surface area (TPSA) is 33.4 Å². The zero-order chi connectivity index (χ0) is 11.7. The third-order valence-electron chi connectivity index (χ3n) is 2.45. The number of aliphatic hydroxyl groups is 1. The molecule has 1 N–H and O–H groups in total. The van der Waals surface area contributed by atoms with E-state index in [2.05, 4.69) is 15.9 Å². The second-order valence-corrected chi connectivity index (χ2v) is 4.36. The molecule has 0 aliphatic rings. The van der Waals surface area contributed by atoms with Crippen LogP contribution in [0, 0.1) is 12.7 Å². The van der Waals surface area contributed by atoms with Crippen molar-refractivity contribution in [3.05, 3.63) is 57.7 Å². The fourth-order valence-corrected chi connectivity index (χ4v) is 1.94. The lowest BCUT2D eigenvalue weighted by atomic mass is 10.0. The maximum Gasteiger partial charge on any atom is 0.137 e. The van der Waals surface area contributed by atoms with Gasteiger partial charge in [0.2, 0.25) is 0 Å². The molecule has 0 aliphatic heterocycles. The molecule has 0 saturated heterocycles. The SMILES string of the molecule is Cc1occc1C(O)c1ccc(F)c(Br)c1. The largest absolute Gasteiger partial charge is 0.469 e. The molecule has 1 aromatic heterocycles. The molecule has 1 heterocycles. The fraction of sp³-hybridized carbons (Fsp3) is 0.167. The van der Waals surface area contributed by atoms with Gasteiger partial charge in [-0.15, -0.1) is 0 Å². The van der Waals surface area contributed by atoms with Crippen molar-refractivity contribution >= 4 is 15.9 Å². The van der Waals surface area contributed by atoms with E-state index < -0.39 is 6.10 Å². The minimum Gasteiger partial charge on any atom is -0.469 e. The van der Waals surface area contributed by atoms with Gasteiger partial charge in [0.05, 0.1) is 10.7 Å². The molecule has 0 spiro atoms. The van der Waals surface area contributed by atoms with Gasteiger partial charge in [0.15, 0.2) is 0 Å². The van der Waals surface area contributed by atoms with Crippen LogP contribution in [0.4, 0.5) is 4.39 Å². The van der Waals surface area contributed by atoms with Gasteiger partial charge < -0.3 is 9.52 Å². The molecule has 2 rings (SSSR count). The Labute approximate surface area is 101 Å². The Bertz CT molecular complexity index is 507. The summed E-state index contributed by atoms with van der Waals surface area (Å²) in [6.07, 6.45) is 0.725. The van der Waals surface area contributed by atoms with Crippen LogP contribution in [-0.2, 0) is 0 Å². The van der Waals surface area contributed by atoms with Crippen molar-refractivity contribution in [3.63, 3.8) is 0 Å². The van der Waals surface area contributed by atoms with Crippen molar-refractivity contribution in [2.24, 2.45) is 0 Å². The van der Waals surface area contributed by atoms with Gasteiger partial charge in [0.25, 0.3) is 0 Å². The average Bonchev–Trinajstić information content (AvgIpc) is 2.67. The molecule has 0 aliphatic carbocycles. The van der Waals surface area contributed by atoms with Crippen LogP contribution in [-0.4, -0.2) is 5.11 Å². The summed E-state index contributed by atoms with van der Waals surface area (Å²) in [5, 5.41) is 10.1. The molecule has 4 heteroatoms. The van der Waals surface area contributed by atoms with Gasteiger partial charge in [0.1, 0.15) is 17.7 Å². The van der Waals surface area contributed by atoms with Crippen LogP contribution < -0.4 is 0 Å². The molecular weight excluding hydrogens is 275 g/mol. The average molecular weight is 285 g/mol. The Morgan fingerprint density at radius 1 is 1.38 bits per heavy atom. The van der Waals surface area contributed by atoms with E-state index in [0.29, 0.717) is 21.4 Å². The first-order valence-corrected chi connectivity index (χ1v) is 5.56. The summed E-state index contributed by atoms with van der Waals surface area (Å²) < 4.78 is 18.5. The lowest BCUT2D eigenvalue weighted by Crippen LogP contribution is -2.00. The van der Waals surface area contributed by atoms with Gasteiger partial charge in [-0.25, -0.2) is 4.39 Å². The summed E-state index contributed by atoms with van der Waals surface area (Å²) >= 11 is 3.09. The Morgan fingerprint density at radius 2 is 2.12 bits per heavy atom. The maximum atomic E-state index is 13.0. The van der Waals surface area contributed by atoms with Gasteiger partial charge in [-0.2, -0.15) is 0 Å². The molecule has 0 radical (unpaired) electrons. The summed E-state index contributed by atoms with van der Waals surface area (Å²) in [5.74, 6) is 0.313. The van der Waals surface area contributed by atoms with Gasteiger partial charge in [-0.3, -0.25) is 0 Å². The number of furan rings is 1. The van der Waals surface area contributed by atoms with Crippen molar-refractivity contribution < 1.29 is 13.9 Å². The van der Waals surface area contributed by atoms with Crippen LogP contribution in [0.1, 0.15) is 23.0 Å². The van der Waals surface area contributed by atoms with E-state index in [4.69, 9.17) is 4.42 Å². The highest BCUT2D eigenvalue weighted by Crippen LogP contribution is 2.28. The first-order chi connectivity index (χ1) is 7.59. The van der Waals surface area contributed by atoms with E-state index in [1.165, 1.54) is 12.3 Å². The minimum absolute atomic E-state index is 0.338. The third kappa shape index (κ3) is 2.03. The van der Waals surface area contributed by atoms with Crippen LogP contribution in [0.2, 0.25) is 0 Å². The van der Waals surface area contributed by atoms with Crippen molar-refractivity contribution in [3.8, 4) is 0 Å². The smallest absolute Gasteiger partial charge is 0.137 e. The second-order valence-electron chi connectivity index (χ2n) is 3.51. The monoisotopic (exact) mass is 284 g/mol. The van der Waals surface area contributed by atoms with Crippen molar-refractivity contribution in [1.29, 1.82) is 0 Å². The minimum atomic E-state index is -0.796. The molecule has 1 unspecified atom stereocenters. The summed E-state index contributed by atoms with van der Waals surface area (Å²) in [7, 11) is 0. The standard InChI is InChI=1S/C12H10BrFO2/c1-7-9(4-5-16-7)12(15)8-2-3-11(14)10(13)6-8/h2-6,12,15H,1H3. The molecule has 0 bridgehead atoms. The van der Waals surface area contributed by atoms with Crippen LogP contribution in [0.15, 0.2) is 39.4 Å². The Hall–Kier alpha value is -1.13. The van der Waals surface area contributed by atoms with Crippen LogP contribution in [0.25, 0.3) is 0 Å². The summed E-state index contributed by atoms with van der Waals surface area (Å²) in [6, 6.07) is 6.14. The molecule has 0 amide bonds. The van der Waals surface area contributed by atoms with Crippen molar-refractivity contribution in [2.75, 3.05) is 0 Å². The normalized spacial score (nSPS) is 12.8. The lowest BCUT2D eigenvalue weighted by molar-refractivity contribution is 0.218. The van der Waals surface area contributed by atoms with Gasteiger partial charge >= 0.3 is 0 Å². The van der Waals surface area contributed by atoms with E-state index in [0.717, 1.165) is 0 Å². The number of hydrogen-bond donors (Lipinski definition) is 1. The van der Waals surface area contributed by atoms with Gasteiger partial charge in [0, 0.05) is 5.56 Å². The van der Waals surface area contributed by atoms with Gasteiger partial charge in [-0.05, 0) is 46.6 Å². The van der Waals surface area contributed by atoms with Crippen molar-refractivity contribution in [1.82, 2.24) is 0 Å². The lowest BCUT2D eigenvalue weighted by Gasteiger charge is -2.10. The molecule has 2 nitrogen and oxygen atoms in total. The highest BCUT2D eigenvalue weighted by Gasteiger charge is 2.15. The molecular formula is C12H10BrFO2. The molecule has 84 valence electrons. The van der Waals surface area contributed by atoms with Crippen molar-refractivity contribution in [2.45, 2.75) is 13.0 Å². The number of aryl methyl sites for hydroxylation is 1. The van der Waals surface area contributed by atoms with Gasteiger partial charge in [-0.1, -0.05) is 6.07 Å². The summed E-state index contributed by atoms with van der Waals surface area (Å²) in [5.41, 5.74) is 1.32. The Balaban J connectivity index is 2.38. The Kier molecular flexibility index (Phi) is 3.12. The van der Waals surface area contributed by atoms with E-state index in [1.807, 2.05) is 0 Å². The first kappa shape index (κ1) is 11.4. The number of benzene rings is 1. The fourth-order valence-electron chi connectivity index (χ4n) is 1.54. The van der Waals surface area contributed by atoms with Crippen LogP contribution >= 0.6 is 15.9 Å². The summed E-state index contributed by atoms with van der Waals surface area (Å²) in [4.78, 5) is 0. The van der Waals surface area contributed by atoms with Crippen LogP contribution in [0.5, 0.6) is 0 Å². The Morgan fingerprint density at radius 3 is 2.69 bits per heavy atom. The zero-order valence-electron chi connectivity index (χ0n) is 8.58. The third-order valence-corrected chi connectivity index (χ3v) is 3.06. The molecule has 1 aromatic carbocycles. The number of rotatable bonds is 2. The zero-order valence-corrected chi connectivity index (χ0v) is 10.2. The molecule has 16 heavy (non-hydrogen) atoms. The van der Waals surface area contributed by atoms with E-state index >= 15 is 0 Å². The molecule has 0 fully saturated rings. The highest BCUT2D eigenvalue weighted by molar-refractivity contribution is 9.10. The molecule has 0 saturated carbocycles. The number of hydrogen-bond acceptors (Lipinski definition) is 2. The highest BCUT2D eigenvalue weighted by atomic mass is 79.9. The van der Waals surface area contributed by atoms with E-state index in [-0.39, 0.29) is 5.82 Å².